The Kier molecular flexibility index (Phi) is 4.82. The zero-order valence-corrected chi connectivity index (χ0v) is 12.5. The number of aromatic nitrogens is 2. The molecule has 2 rings (SSSR count). The minimum atomic E-state index is -0.248. The van der Waals surface area contributed by atoms with E-state index in [0.29, 0.717) is 37.6 Å². The number of aryl methyl sites for hydroxylation is 1. The van der Waals surface area contributed by atoms with Gasteiger partial charge in [-0.3, -0.25) is 14.3 Å². The molecule has 1 aliphatic rings. The predicted molar refractivity (Wildman–Crippen MR) is 77.6 cm³/mol. The molecule has 1 saturated heterocycles. The Morgan fingerprint density at radius 1 is 1.48 bits per heavy atom. The van der Waals surface area contributed by atoms with E-state index in [1.165, 1.54) is 6.20 Å². The van der Waals surface area contributed by atoms with E-state index in [9.17, 15) is 9.59 Å². The van der Waals surface area contributed by atoms with E-state index in [2.05, 4.69) is 5.10 Å². The first kappa shape index (κ1) is 15.3. The van der Waals surface area contributed by atoms with Crippen molar-refractivity contribution in [2.75, 3.05) is 25.4 Å². The summed E-state index contributed by atoms with van der Waals surface area (Å²) in [6, 6.07) is 0. The molecule has 1 fully saturated rings. The lowest BCUT2D eigenvalue weighted by Gasteiger charge is -2.31. The van der Waals surface area contributed by atoms with Crippen LogP contribution in [0.4, 0.5) is 5.69 Å². The number of carbonyl (C=O) groups is 2. The lowest BCUT2D eigenvalue weighted by molar-refractivity contribution is -0.149. The highest BCUT2D eigenvalue weighted by Gasteiger charge is 2.31. The van der Waals surface area contributed by atoms with E-state index >= 15 is 0 Å². The summed E-state index contributed by atoms with van der Waals surface area (Å²) in [6.07, 6.45) is 3.03. The average Bonchev–Trinajstić information content (AvgIpc) is 2.87. The fourth-order valence-corrected chi connectivity index (χ4v) is 2.64. The Morgan fingerprint density at radius 3 is 2.90 bits per heavy atom. The summed E-state index contributed by atoms with van der Waals surface area (Å²) in [4.78, 5) is 26.1. The number of carbonyl (C=O) groups excluding carboxylic acids is 2. The van der Waals surface area contributed by atoms with Crippen LogP contribution >= 0.6 is 0 Å². The molecule has 1 aromatic heterocycles. The van der Waals surface area contributed by atoms with E-state index in [0.717, 1.165) is 12.8 Å². The summed E-state index contributed by atoms with van der Waals surface area (Å²) in [5.74, 6) is -0.644. The van der Waals surface area contributed by atoms with Crippen molar-refractivity contribution in [1.82, 2.24) is 14.7 Å². The van der Waals surface area contributed by atoms with E-state index in [-0.39, 0.29) is 17.8 Å². The van der Waals surface area contributed by atoms with Crippen LogP contribution < -0.4 is 5.73 Å². The van der Waals surface area contributed by atoms with Crippen molar-refractivity contribution >= 4 is 17.6 Å². The fourth-order valence-electron chi connectivity index (χ4n) is 2.64. The molecular weight excluding hydrogens is 272 g/mol. The van der Waals surface area contributed by atoms with Gasteiger partial charge in [0, 0.05) is 19.6 Å². The van der Waals surface area contributed by atoms with Crippen molar-refractivity contribution in [3.8, 4) is 0 Å². The monoisotopic (exact) mass is 294 g/mol. The molecular formula is C14H22N4O3. The van der Waals surface area contributed by atoms with Crippen LogP contribution in [0.1, 0.15) is 37.2 Å². The van der Waals surface area contributed by atoms with Crippen molar-refractivity contribution in [3.63, 3.8) is 0 Å². The van der Waals surface area contributed by atoms with Gasteiger partial charge in [-0.25, -0.2) is 0 Å². The molecule has 1 amide bonds. The quantitative estimate of drug-likeness (QED) is 0.833. The number of nitrogens with zero attached hydrogens (tertiary/aromatic N) is 3. The Bertz CT molecular complexity index is 526. The number of ether oxygens (including phenoxy) is 1. The maximum Gasteiger partial charge on any atom is 0.310 e. The first-order valence-electron chi connectivity index (χ1n) is 7.35. The number of likely N-dealkylation sites (tertiary alicyclic amines) is 1. The number of piperidine rings is 1. The molecule has 0 aliphatic carbocycles. The van der Waals surface area contributed by atoms with Crippen LogP contribution in [0.15, 0.2) is 6.20 Å². The zero-order chi connectivity index (χ0) is 15.4. The van der Waals surface area contributed by atoms with Crippen LogP contribution in [-0.4, -0.2) is 46.3 Å². The first-order valence-corrected chi connectivity index (χ1v) is 7.35. The van der Waals surface area contributed by atoms with Crippen LogP contribution in [0, 0.1) is 5.92 Å². The van der Waals surface area contributed by atoms with E-state index in [1.807, 2.05) is 6.92 Å². The maximum absolute atomic E-state index is 12.6. The summed E-state index contributed by atoms with van der Waals surface area (Å²) >= 11 is 0. The minimum absolute atomic E-state index is 0.166. The van der Waals surface area contributed by atoms with Crippen molar-refractivity contribution < 1.29 is 14.3 Å². The molecule has 0 saturated carbocycles. The molecule has 0 radical (unpaired) electrons. The van der Waals surface area contributed by atoms with E-state index in [4.69, 9.17) is 10.5 Å². The van der Waals surface area contributed by atoms with Crippen LogP contribution in [0.3, 0.4) is 0 Å². The summed E-state index contributed by atoms with van der Waals surface area (Å²) in [5, 5.41) is 4.09. The molecule has 1 aromatic rings. The number of rotatable bonds is 4. The first-order chi connectivity index (χ1) is 10.1. The molecule has 7 nitrogen and oxygen atoms in total. The number of anilines is 1. The third kappa shape index (κ3) is 3.17. The molecule has 1 unspecified atom stereocenters. The lowest BCUT2D eigenvalue weighted by Crippen LogP contribution is -2.43. The zero-order valence-electron chi connectivity index (χ0n) is 12.5. The average molecular weight is 294 g/mol. The Morgan fingerprint density at radius 2 is 2.24 bits per heavy atom. The normalized spacial score (nSPS) is 18.6. The van der Waals surface area contributed by atoms with Gasteiger partial charge in [0.15, 0.2) is 0 Å². The molecule has 116 valence electrons. The predicted octanol–water partition coefficient (Wildman–Crippen LogP) is 0.900. The van der Waals surface area contributed by atoms with Gasteiger partial charge in [-0.15, -0.1) is 0 Å². The molecule has 1 aliphatic heterocycles. The standard InChI is InChI=1S/C14H22N4O3/c1-3-18-12(11(15)8-16-18)13(19)17-7-5-6-10(9-17)14(20)21-4-2/h8,10H,3-7,9,15H2,1-2H3. The van der Waals surface area contributed by atoms with Crippen molar-refractivity contribution in [3.05, 3.63) is 11.9 Å². The molecule has 1 atom stereocenters. The van der Waals surface area contributed by atoms with Gasteiger partial charge in [-0.1, -0.05) is 0 Å². The van der Waals surface area contributed by atoms with Crippen LogP contribution in [0.2, 0.25) is 0 Å². The van der Waals surface area contributed by atoms with Crippen molar-refractivity contribution in [2.45, 2.75) is 33.2 Å². The molecule has 2 N–H and O–H groups in total. The number of nitrogen functional groups attached to an aromatic ring is 1. The SMILES string of the molecule is CCOC(=O)C1CCCN(C(=O)c2c(N)cnn2CC)C1. The van der Waals surface area contributed by atoms with Crippen LogP contribution in [0.25, 0.3) is 0 Å². The summed E-state index contributed by atoms with van der Waals surface area (Å²) in [6.45, 7) is 5.63. The van der Waals surface area contributed by atoms with Gasteiger partial charge in [0.05, 0.1) is 24.4 Å². The fraction of sp³-hybridized carbons (Fsp3) is 0.643. The number of hydrogen-bond acceptors (Lipinski definition) is 5. The van der Waals surface area contributed by atoms with Crippen molar-refractivity contribution in [2.24, 2.45) is 5.92 Å². The molecule has 7 heteroatoms. The van der Waals surface area contributed by atoms with E-state index in [1.54, 1.807) is 16.5 Å². The number of nitrogens with two attached hydrogens (primary N) is 1. The molecule has 0 aromatic carbocycles. The van der Waals surface area contributed by atoms with Gasteiger partial charge in [0.1, 0.15) is 5.69 Å². The molecule has 0 bridgehead atoms. The summed E-state index contributed by atoms with van der Waals surface area (Å²) in [7, 11) is 0. The smallest absolute Gasteiger partial charge is 0.310 e. The van der Waals surface area contributed by atoms with Gasteiger partial charge < -0.3 is 15.4 Å². The number of esters is 1. The Labute approximate surface area is 124 Å². The van der Waals surface area contributed by atoms with Crippen molar-refractivity contribution in [1.29, 1.82) is 0 Å². The summed E-state index contributed by atoms with van der Waals surface area (Å²) < 4.78 is 6.64. The topological polar surface area (TPSA) is 90.4 Å². The van der Waals surface area contributed by atoms with Gasteiger partial charge in [0.25, 0.3) is 5.91 Å². The second-order valence-electron chi connectivity index (χ2n) is 5.11. The van der Waals surface area contributed by atoms with Gasteiger partial charge in [0.2, 0.25) is 0 Å². The maximum atomic E-state index is 12.6. The largest absolute Gasteiger partial charge is 0.466 e. The lowest BCUT2D eigenvalue weighted by atomic mass is 9.98. The highest BCUT2D eigenvalue weighted by Crippen LogP contribution is 2.22. The molecule has 21 heavy (non-hydrogen) atoms. The van der Waals surface area contributed by atoms with Gasteiger partial charge >= 0.3 is 5.97 Å². The van der Waals surface area contributed by atoms with Crippen LogP contribution in [-0.2, 0) is 16.1 Å². The minimum Gasteiger partial charge on any atom is -0.466 e. The summed E-state index contributed by atoms with van der Waals surface area (Å²) in [5.41, 5.74) is 6.62. The number of hydrogen-bond donors (Lipinski definition) is 1. The Hall–Kier alpha value is -2.05. The Balaban J connectivity index is 2.12. The third-order valence-electron chi connectivity index (χ3n) is 3.70. The van der Waals surface area contributed by atoms with Crippen LogP contribution in [0.5, 0.6) is 0 Å². The molecule has 0 spiro atoms. The van der Waals surface area contributed by atoms with Gasteiger partial charge in [-0.05, 0) is 26.7 Å². The highest BCUT2D eigenvalue weighted by molar-refractivity contribution is 5.97. The van der Waals surface area contributed by atoms with Gasteiger partial charge in [-0.2, -0.15) is 5.10 Å². The van der Waals surface area contributed by atoms with E-state index < -0.39 is 0 Å². The molecule has 2 heterocycles. The second kappa shape index (κ2) is 6.60. The third-order valence-corrected chi connectivity index (χ3v) is 3.70. The highest BCUT2D eigenvalue weighted by atomic mass is 16.5. The number of amides is 1. The second-order valence-corrected chi connectivity index (χ2v) is 5.11.